The molecule has 0 fully saturated rings. The second kappa shape index (κ2) is 7.43. The van der Waals surface area contributed by atoms with Crippen LogP contribution in [0.3, 0.4) is 0 Å². The Kier molecular flexibility index (Phi) is 4.82. The van der Waals surface area contributed by atoms with Gasteiger partial charge in [-0.15, -0.1) is 0 Å². The Hall–Kier alpha value is -3.21. The predicted molar refractivity (Wildman–Crippen MR) is 107 cm³/mol. The topological polar surface area (TPSA) is 75.3 Å². The summed E-state index contributed by atoms with van der Waals surface area (Å²) < 4.78 is 0. The lowest BCUT2D eigenvalue weighted by atomic mass is 9.75. The summed E-state index contributed by atoms with van der Waals surface area (Å²) in [6, 6.07) is 17.3. The highest BCUT2D eigenvalue weighted by molar-refractivity contribution is 6.09. The zero-order valence-electron chi connectivity index (χ0n) is 15.7. The van der Waals surface area contributed by atoms with Crippen LogP contribution in [0.2, 0.25) is 0 Å². The van der Waals surface area contributed by atoms with Crippen molar-refractivity contribution in [2.75, 3.05) is 5.32 Å². The van der Waals surface area contributed by atoms with E-state index >= 15 is 0 Å². The van der Waals surface area contributed by atoms with Crippen LogP contribution in [0.1, 0.15) is 36.3 Å². The maximum atomic E-state index is 13.0. The van der Waals surface area contributed by atoms with Gasteiger partial charge in [0.25, 0.3) is 0 Å². The van der Waals surface area contributed by atoms with Gasteiger partial charge in [-0.25, -0.2) is 0 Å². The van der Waals surface area contributed by atoms with Crippen LogP contribution < -0.4 is 10.6 Å². The SMILES string of the molecule is Cc1cccc(NC(=O)[C@@H]2CC(=O)NC3=C2C(=O)C[C@H](c2ccccc2)C3)c1. The minimum Gasteiger partial charge on any atom is -0.329 e. The van der Waals surface area contributed by atoms with Gasteiger partial charge in [-0.1, -0.05) is 42.5 Å². The number of carbonyl (C=O) groups excluding carboxylic acids is 3. The third-order valence-electron chi connectivity index (χ3n) is 5.41. The average molecular weight is 374 g/mol. The quantitative estimate of drug-likeness (QED) is 0.864. The summed E-state index contributed by atoms with van der Waals surface area (Å²) in [6.07, 6.45) is 0.913. The number of Topliss-reactive ketones (excluding diaryl/α,β-unsaturated/α-hetero) is 1. The van der Waals surface area contributed by atoms with E-state index in [0.717, 1.165) is 11.1 Å². The number of allylic oxidation sites excluding steroid dienone is 1. The molecule has 0 spiro atoms. The van der Waals surface area contributed by atoms with E-state index < -0.39 is 5.92 Å². The molecule has 0 saturated carbocycles. The average Bonchev–Trinajstić information content (AvgIpc) is 2.67. The number of hydrogen-bond acceptors (Lipinski definition) is 3. The maximum Gasteiger partial charge on any atom is 0.232 e. The lowest BCUT2D eigenvalue weighted by molar-refractivity contribution is -0.129. The van der Waals surface area contributed by atoms with E-state index in [-0.39, 0.29) is 29.9 Å². The van der Waals surface area contributed by atoms with Crippen molar-refractivity contribution in [3.8, 4) is 0 Å². The van der Waals surface area contributed by atoms with Crippen molar-refractivity contribution >= 4 is 23.3 Å². The van der Waals surface area contributed by atoms with E-state index in [4.69, 9.17) is 0 Å². The third kappa shape index (κ3) is 3.60. The van der Waals surface area contributed by atoms with Crippen LogP contribution in [-0.4, -0.2) is 17.6 Å². The highest BCUT2D eigenvalue weighted by Gasteiger charge is 2.40. The molecule has 0 aromatic heterocycles. The molecule has 1 aliphatic carbocycles. The normalized spacial score (nSPS) is 21.8. The fraction of sp³-hybridized carbons (Fsp3) is 0.261. The zero-order chi connectivity index (χ0) is 19.7. The fourth-order valence-electron chi connectivity index (χ4n) is 4.10. The second-order valence-corrected chi connectivity index (χ2v) is 7.49. The van der Waals surface area contributed by atoms with Crippen molar-refractivity contribution in [3.63, 3.8) is 0 Å². The molecule has 1 heterocycles. The van der Waals surface area contributed by atoms with Crippen molar-refractivity contribution in [1.29, 1.82) is 0 Å². The number of rotatable bonds is 3. The summed E-state index contributed by atoms with van der Waals surface area (Å²) in [4.78, 5) is 38.1. The Bertz CT molecular complexity index is 978. The first-order valence-electron chi connectivity index (χ1n) is 9.50. The van der Waals surface area contributed by atoms with Crippen molar-refractivity contribution in [3.05, 3.63) is 77.0 Å². The number of anilines is 1. The smallest absolute Gasteiger partial charge is 0.232 e. The molecule has 0 saturated heterocycles. The van der Waals surface area contributed by atoms with Gasteiger partial charge in [0.05, 0.1) is 5.92 Å². The van der Waals surface area contributed by atoms with Gasteiger partial charge in [0.1, 0.15) is 0 Å². The van der Waals surface area contributed by atoms with Crippen molar-refractivity contribution in [1.82, 2.24) is 5.32 Å². The highest BCUT2D eigenvalue weighted by Crippen LogP contribution is 2.39. The maximum absolute atomic E-state index is 13.0. The van der Waals surface area contributed by atoms with Crippen LogP contribution in [0.4, 0.5) is 5.69 Å². The lowest BCUT2D eigenvalue weighted by Crippen LogP contribution is -2.43. The van der Waals surface area contributed by atoms with Gasteiger partial charge in [-0.3, -0.25) is 14.4 Å². The highest BCUT2D eigenvalue weighted by atomic mass is 16.2. The molecular weight excluding hydrogens is 352 g/mol. The van der Waals surface area contributed by atoms with E-state index in [1.54, 1.807) is 6.07 Å². The van der Waals surface area contributed by atoms with E-state index in [9.17, 15) is 14.4 Å². The molecule has 0 unspecified atom stereocenters. The molecule has 0 radical (unpaired) electrons. The number of benzene rings is 2. The molecular formula is C23H22N2O3. The van der Waals surface area contributed by atoms with E-state index in [0.29, 0.717) is 29.8 Å². The number of nitrogens with one attached hydrogen (secondary N) is 2. The zero-order valence-corrected chi connectivity index (χ0v) is 15.7. The summed E-state index contributed by atoms with van der Waals surface area (Å²) in [5.41, 5.74) is 3.84. The number of amides is 2. The van der Waals surface area contributed by atoms with Crippen molar-refractivity contribution in [2.45, 2.75) is 32.1 Å². The number of carbonyl (C=O) groups is 3. The van der Waals surface area contributed by atoms with Crippen LogP contribution >= 0.6 is 0 Å². The van der Waals surface area contributed by atoms with Gasteiger partial charge in [-0.05, 0) is 42.5 Å². The van der Waals surface area contributed by atoms with Crippen LogP contribution in [0.25, 0.3) is 0 Å². The minimum atomic E-state index is -0.742. The van der Waals surface area contributed by atoms with Gasteiger partial charge in [0.15, 0.2) is 5.78 Å². The van der Waals surface area contributed by atoms with Gasteiger partial charge >= 0.3 is 0 Å². The summed E-state index contributed by atoms with van der Waals surface area (Å²) in [5.74, 6) is -1.30. The molecule has 2 N–H and O–H groups in total. The van der Waals surface area contributed by atoms with Crippen LogP contribution in [0.15, 0.2) is 65.9 Å². The summed E-state index contributed by atoms with van der Waals surface area (Å²) in [6.45, 7) is 1.94. The molecule has 1 aliphatic heterocycles. The van der Waals surface area contributed by atoms with Gasteiger partial charge in [0, 0.05) is 29.8 Å². The molecule has 2 aromatic rings. The third-order valence-corrected chi connectivity index (χ3v) is 5.41. The van der Waals surface area contributed by atoms with E-state index in [2.05, 4.69) is 10.6 Å². The van der Waals surface area contributed by atoms with Gasteiger partial charge in [-0.2, -0.15) is 0 Å². The first-order valence-corrected chi connectivity index (χ1v) is 9.50. The Morgan fingerprint density at radius 3 is 2.54 bits per heavy atom. The standard InChI is InChI=1S/C23H22N2O3/c1-14-6-5-9-17(10-14)24-23(28)18-13-21(27)25-19-11-16(12-20(26)22(18)19)15-7-3-2-4-8-15/h2-10,16,18H,11-13H2,1H3,(H,24,28)(H,25,27)/t16-,18-/m1/s1. The van der Waals surface area contributed by atoms with E-state index in [1.807, 2.05) is 55.5 Å². The number of hydrogen-bond donors (Lipinski definition) is 2. The molecule has 5 heteroatoms. The Morgan fingerprint density at radius 2 is 1.79 bits per heavy atom. The fourth-order valence-corrected chi connectivity index (χ4v) is 4.10. The van der Waals surface area contributed by atoms with Crippen LogP contribution in [0, 0.1) is 12.8 Å². The molecule has 28 heavy (non-hydrogen) atoms. The monoisotopic (exact) mass is 374 g/mol. The van der Waals surface area contributed by atoms with Crippen LogP contribution in [0.5, 0.6) is 0 Å². The number of aryl methyl sites for hydroxylation is 1. The molecule has 2 atom stereocenters. The molecule has 2 aromatic carbocycles. The first-order chi connectivity index (χ1) is 13.5. The Labute approximate surface area is 163 Å². The molecule has 0 bridgehead atoms. The largest absolute Gasteiger partial charge is 0.329 e. The number of ketones is 1. The van der Waals surface area contributed by atoms with Gasteiger partial charge < -0.3 is 10.6 Å². The lowest BCUT2D eigenvalue weighted by Gasteiger charge is -2.33. The van der Waals surface area contributed by atoms with Crippen molar-refractivity contribution < 1.29 is 14.4 Å². The molecule has 2 amide bonds. The molecule has 2 aliphatic rings. The summed E-state index contributed by atoms with van der Waals surface area (Å²) >= 11 is 0. The Morgan fingerprint density at radius 1 is 1.00 bits per heavy atom. The Balaban J connectivity index is 1.61. The second-order valence-electron chi connectivity index (χ2n) is 7.49. The van der Waals surface area contributed by atoms with E-state index in [1.165, 1.54) is 0 Å². The molecule has 142 valence electrons. The predicted octanol–water partition coefficient (Wildman–Crippen LogP) is 3.47. The van der Waals surface area contributed by atoms with Crippen molar-refractivity contribution in [2.24, 2.45) is 5.92 Å². The first kappa shape index (κ1) is 18.2. The summed E-state index contributed by atoms with van der Waals surface area (Å²) in [5, 5.41) is 5.71. The molecule has 4 rings (SSSR count). The van der Waals surface area contributed by atoms with Crippen LogP contribution in [-0.2, 0) is 14.4 Å². The van der Waals surface area contributed by atoms with Gasteiger partial charge in [0.2, 0.25) is 11.8 Å². The summed E-state index contributed by atoms with van der Waals surface area (Å²) in [7, 11) is 0. The molecule has 5 nitrogen and oxygen atoms in total. The minimum absolute atomic E-state index is 0.00176.